The summed E-state index contributed by atoms with van der Waals surface area (Å²) < 4.78 is 26.8. The van der Waals surface area contributed by atoms with E-state index < -0.39 is 9.84 Å². The SMILES string of the molecule is Cc1ccc2nc(NC(=O)c3nn([C@H]4CCS(=O)(=O)C4)c4c3CCCC4)sc2c1. The second kappa shape index (κ2) is 6.91. The third-order valence-corrected chi connectivity index (χ3v) is 8.43. The number of benzene rings is 1. The van der Waals surface area contributed by atoms with Crippen molar-refractivity contribution in [1.29, 1.82) is 0 Å². The normalized spacial score (nSPS) is 20.7. The Morgan fingerprint density at radius 1 is 1.28 bits per heavy atom. The second-order valence-electron chi connectivity index (χ2n) is 7.93. The lowest BCUT2D eigenvalue weighted by molar-refractivity contribution is 0.102. The number of amides is 1. The number of carbonyl (C=O) groups excluding carboxylic acids is 1. The van der Waals surface area contributed by atoms with E-state index >= 15 is 0 Å². The van der Waals surface area contributed by atoms with Crippen LogP contribution in [0.4, 0.5) is 5.13 Å². The van der Waals surface area contributed by atoms with Crippen LogP contribution in [0, 0.1) is 6.92 Å². The number of rotatable bonds is 3. The lowest BCUT2D eigenvalue weighted by atomic mass is 9.95. The van der Waals surface area contributed by atoms with Crippen molar-refractivity contribution in [2.24, 2.45) is 0 Å². The molecule has 1 atom stereocenters. The molecule has 29 heavy (non-hydrogen) atoms. The third kappa shape index (κ3) is 3.46. The molecule has 1 aliphatic heterocycles. The molecule has 0 radical (unpaired) electrons. The number of anilines is 1. The van der Waals surface area contributed by atoms with Gasteiger partial charge in [-0.25, -0.2) is 13.4 Å². The van der Waals surface area contributed by atoms with Crippen LogP contribution < -0.4 is 5.32 Å². The third-order valence-electron chi connectivity index (χ3n) is 5.74. The number of nitrogens with zero attached hydrogens (tertiary/aromatic N) is 3. The van der Waals surface area contributed by atoms with Crippen LogP contribution in [0.1, 0.15) is 52.6 Å². The lowest BCUT2D eigenvalue weighted by Gasteiger charge is -2.17. The zero-order valence-corrected chi connectivity index (χ0v) is 17.8. The van der Waals surface area contributed by atoms with Gasteiger partial charge in [-0.1, -0.05) is 17.4 Å². The van der Waals surface area contributed by atoms with Gasteiger partial charge in [0, 0.05) is 11.3 Å². The van der Waals surface area contributed by atoms with Crippen LogP contribution in [-0.4, -0.2) is 40.6 Å². The molecule has 2 aliphatic rings. The molecule has 1 aliphatic carbocycles. The van der Waals surface area contributed by atoms with Gasteiger partial charge in [0.2, 0.25) is 0 Å². The zero-order chi connectivity index (χ0) is 20.2. The molecule has 5 rings (SSSR count). The van der Waals surface area contributed by atoms with Gasteiger partial charge in [0.15, 0.2) is 20.7 Å². The van der Waals surface area contributed by atoms with Crippen LogP contribution in [0.25, 0.3) is 10.2 Å². The molecular weight excluding hydrogens is 408 g/mol. The van der Waals surface area contributed by atoms with E-state index in [0.29, 0.717) is 17.2 Å². The summed E-state index contributed by atoms with van der Waals surface area (Å²) >= 11 is 1.45. The Morgan fingerprint density at radius 2 is 2.10 bits per heavy atom. The predicted octanol–water partition coefficient (Wildman–Crippen LogP) is 3.29. The van der Waals surface area contributed by atoms with E-state index in [1.807, 2.05) is 23.7 Å². The Balaban J connectivity index is 1.47. The molecule has 7 nitrogen and oxygen atoms in total. The fourth-order valence-corrected chi connectivity index (χ4v) is 6.97. The fourth-order valence-electron chi connectivity index (χ4n) is 4.32. The highest BCUT2D eigenvalue weighted by Crippen LogP contribution is 2.32. The molecular formula is C20H22N4O3S2. The maximum absolute atomic E-state index is 13.0. The number of aryl methyl sites for hydroxylation is 1. The number of sulfone groups is 1. The minimum absolute atomic E-state index is 0.111. The Labute approximate surface area is 173 Å². The monoisotopic (exact) mass is 430 g/mol. The summed E-state index contributed by atoms with van der Waals surface area (Å²) in [5.41, 5.74) is 4.43. The van der Waals surface area contributed by atoms with E-state index in [1.165, 1.54) is 11.3 Å². The van der Waals surface area contributed by atoms with Crippen LogP contribution in [0.3, 0.4) is 0 Å². The van der Waals surface area contributed by atoms with E-state index in [-0.39, 0.29) is 23.5 Å². The summed E-state index contributed by atoms with van der Waals surface area (Å²) in [6.07, 6.45) is 4.26. The summed E-state index contributed by atoms with van der Waals surface area (Å²) in [6.45, 7) is 2.03. The van der Waals surface area contributed by atoms with Crippen LogP contribution in [0.15, 0.2) is 18.2 Å². The first-order valence-corrected chi connectivity index (χ1v) is 12.5. The number of carbonyl (C=O) groups is 1. The van der Waals surface area contributed by atoms with Crippen molar-refractivity contribution in [3.8, 4) is 0 Å². The highest BCUT2D eigenvalue weighted by atomic mass is 32.2. The van der Waals surface area contributed by atoms with Crippen LogP contribution in [0.5, 0.6) is 0 Å². The van der Waals surface area contributed by atoms with Crippen molar-refractivity contribution < 1.29 is 13.2 Å². The Morgan fingerprint density at radius 3 is 2.90 bits per heavy atom. The first kappa shape index (κ1) is 18.7. The predicted molar refractivity (Wildman–Crippen MR) is 113 cm³/mol. The standard InChI is InChI=1S/C20H22N4O3S2/c1-12-6-7-15-17(10-12)28-20(21-15)22-19(25)18-14-4-2-3-5-16(14)24(23-18)13-8-9-29(26,27)11-13/h6-7,10,13H,2-5,8-9,11H2,1H3,(H,21,22,25)/t13-/m0/s1. The summed E-state index contributed by atoms with van der Waals surface area (Å²) in [4.78, 5) is 17.6. The number of hydrogen-bond acceptors (Lipinski definition) is 6. The van der Waals surface area contributed by atoms with Gasteiger partial charge in [0.1, 0.15) is 0 Å². The highest BCUT2D eigenvalue weighted by Gasteiger charge is 2.34. The van der Waals surface area contributed by atoms with Gasteiger partial charge in [-0.15, -0.1) is 0 Å². The molecule has 9 heteroatoms. The first-order valence-electron chi connectivity index (χ1n) is 9.89. The summed E-state index contributed by atoms with van der Waals surface area (Å²) in [7, 11) is -3.02. The summed E-state index contributed by atoms with van der Waals surface area (Å²) in [5, 5.41) is 8.09. The van der Waals surface area contributed by atoms with Gasteiger partial charge < -0.3 is 0 Å². The molecule has 0 unspecified atom stereocenters. The van der Waals surface area contributed by atoms with E-state index in [2.05, 4.69) is 21.5 Å². The van der Waals surface area contributed by atoms with Crippen LogP contribution in [0.2, 0.25) is 0 Å². The molecule has 3 heterocycles. The largest absolute Gasteiger partial charge is 0.296 e. The van der Waals surface area contributed by atoms with Gasteiger partial charge in [-0.3, -0.25) is 14.8 Å². The average Bonchev–Trinajstić information content (AvgIpc) is 3.35. The Bertz CT molecular complexity index is 1230. The molecule has 0 bridgehead atoms. The average molecular weight is 431 g/mol. The number of fused-ring (bicyclic) bond motifs is 2. The van der Waals surface area contributed by atoms with Gasteiger partial charge >= 0.3 is 0 Å². The highest BCUT2D eigenvalue weighted by molar-refractivity contribution is 7.91. The van der Waals surface area contributed by atoms with Crippen molar-refractivity contribution in [2.75, 3.05) is 16.8 Å². The first-order chi connectivity index (χ1) is 13.9. The van der Waals surface area contributed by atoms with Crippen molar-refractivity contribution in [2.45, 2.75) is 45.1 Å². The summed E-state index contributed by atoms with van der Waals surface area (Å²) in [5.74, 6) is 0.0387. The van der Waals surface area contributed by atoms with Crippen molar-refractivity contribution >= 4 is 42.4 Å². The smallest absolute Gasteiger partial charge is 0.278 e. The van der Waals surface area contributed by atoms with Crippen molar-refractivity contribution in [3.05, 3.63) is 40.7 Å². The van der Waals surface area contributed by atoms with Crippen molar-refractivity contribution in [1.82, 2.24) is 14.8 Å². The van der Waals surface area contributed by atoms with Crippen LogP contribution in [-0.2, 0) is 22.7 Å². The van der Waals surface area contributed by atoms with E-state index in [1.54, 1.807) is 0 Å². The number of aromatic nitrogens is 3. The molecule has 0 saturated carbocycles. The quantitative estimate of drug-likeness (QED) is 0.688. The lowest BCUT2D eigenvalue weighted by Crippen LogP contribution is -2.17. The molecule has 1 aromatic carbocycles. The minimum atomic E-state index is -3.02. The topological polar surface area (TPSA) is 93.9 Å². The molecule has 0 spiro atoms. The van der Waals surface area contributed by atoms with Gasteiger partial charge in [0.25, 0.3) is 5.91 Å². The minimum Gasteiger partial charge on any atom is -0.296 e. The number of nitrogens with one attached hydrogen (secondary N) is 1. The maximum Gasteiger partial charge on any atom is 0.278 e. The molecule has 1 N–H and O–H groups in total. The van der Waals surface area contributed by atoms with Gasteiger partial charge in [-0.2, -0.15) is 5.10 Å². The molecule has 1 amide bonds. The maximum atomic E-state index is 13.0. The van der Waals surface area contributed by atoms with Crippen molar-refractivity contribution in [3.63, 3.8) is 0 Å². The van der Waals surface area contributed by atoms with Gasteiger partial charge in [-0.05, 0) is 56.7 Å². The van der Waals surface area contributed by atoms with E-state index in [0.717, 1.165) is 52.7 Å². The van der Waals surface area contributed by atoms with Crippen LogP contribution >= 0.6 is 11.3 Å². The second-order valence-corrected chi connectivity index (χ2v) is 11.2. The fraction of sp³-hybridized carbons (Fsp3) is 0.450. The molecule has 3 aromatic rings. The molecule has 2 aromatic heterocycles. The number of thiazole rings is 1. The summed E-state index contributed by atoms with van der Waals surface area (Å²) in [6, 6.07) is 5.84. The van der Waals surface area contributed by atoms with E-state index in [9.17, 15) is 13.2 Å². The molecule has 152 valence electrons. The van der Waals surface area contributed by atoms with Gasteiger partial charge in [0.05, 0.1) is 27.8 Å². The Hall–Kier alpha value is -2.26. The molecule has 1 saturated heterocycles. The van der Waals surface area contributed by atoms with E-state index in [4.69, 9.17) is 0 Å². The molecule has 1 fully saturated rings. The number of hydrogen-bond donors (Lipinski definition) is 1. The zero-order valence-electron chi connectivity index (χ0n) is 16.1. The Kier molecular flexibility index (Phi) is 4.47.